The van der Waals surface area contributed by atoms with Gasteiger partial charge in [0, 0.05) is 26.1 Å². The monoisotopic (exact) mass is 304 g/mol. The molecule has 2 amide bonds. The minimum Gasteiger partial charge on any atom is -0.343 e. The molecule has 0 spiro atoms. The lowest BCUT2D eigenvalue weighted by Crippen LogP contribution is -2.33. The maximum atomic E-state index is 12.1. The Morgan fingerprint density at radius 1 is 1.10 bits per heavy atom. The van der Waals surface area contributed by atoms with Crippen LogP contribution in [0.25, 0.3) is 0 Å². The number of hydrogen-bond donors (Lipinski definition) is 0. The van der Waals surface area contributed by atoms with E-state index in [-0.39, 0.29) is 17.2 Å². The van der Waals surface area contributed by atoms with E-state index in [9.17, 15) is 9.59 Å². The predicted octanol–water partition coefficient (Wildman–Crippen LogP) is 2.27. The molecule has 2 saturated heterocycles. The summed E-state index contributed by atoms with van der Waals surface area (Å²) in [6.07, 6.45) is 2.52. The van der Waals surface area contributed by atoms with Gasteiger partial charge in [0.2, 0.25) is 11.8 Å². The Morgan fingerprint density at radius 2 is 1.90 bits per heavy atom. The highest BCUT2D eigenvalue weighted by molar-refractivity contribution is 8.00. The van der Waals surface area contributed by atoms with Gasteiger partial charge in [-0.25, -0.2) is 0 Å². The molecule has 2 heterocycles. The molecule has 21 heavy (non-hydrogen) atoms. The predicted molar refractivity (Wildman–Crippen MR) is 83.8 cm³/mol. The number of benzene rings is 1. The van der Waals surface area contributed by atoms with Crippen molar-refractivity contribution in [2.24, 2.45) is 0 Å². The lowest BCUT2D eigenvalue weighted by Gasteiger charge is -2.25. The van der Waals surface area contributed by atoms with Gasteiger partial charge in [-0.1, -0.05) is 30.3 Å². The molecule has 0 aromatic heterocycles. The average Bonchev–Trinajstić information content (AvgIpc) is 3.07. The maximum Gasteiger partial charge on any atom is 0.233 e. The van der Waals surface area contributed by atoms with Crippen molar-refractivity contribution in [2.45, 2.75) is 24.6 Å². The minimum absolute atomic E-state index is 0.132. The van der Waals surface area contributed by atoms with Gasteiger partial charge in [-0.2, -0.15) is 0 Å². The summed E-state index contributed by atoms with van der Waals surface area (Å²) in [6.45, 7) is 2.38. The van der Waals surface area contributed by atoms with Gasteiger partial charge < -0.3 is 9.80 Å². The fourth-order valence-corrected chi connectivity index (χ4v) is 4.18. The SMILES string of the molecule is O=C1CCCN1CCCN1C(=O)CSC1c1ccccc1. The fraction of sp³-hybridized carbons (Fsp3) is 0.500. The van der Waals surface area contributed by atoms with Gasteiger partial charge in [-0.3, -0.25) is 9.59 Å². The van der Waals surface area contributed by atoms with Gasteiger partial charge in [-0.05, 0) is 18.4 Å². The van der Waals surface area contributed by atoms with Crippen LogP contribution in [0.1, 0.15) is 30.2 Å². The Balaban J connectivity index is 1.57. The Hall–Kier alpha value is -1.49. The Morgan fingerprint density at radius 3 is 2.62 bits per heavy atom. The highest BCUT2D eigenvalue weighted by Crippen LogP contribution is 2.38. The molecule has 2 fully saturated rings. The number of likely N-dealkylation sites (tertiary alicyclic amines) is 1. The zero-order valence-corrected chi connectivity index (χ0v) is 12.8. The summed E-state index contributed by atoms with van der Waals surface area (Å²) >= 11 is 1.69. The fourth-order valence-electron chi connectivity index (χ4n) is 2.96. The summed E-state index contributed by atoms with van der Waals surface area (Å²) in [5, 5.41) is 0.132. The van der Waals surface area contributed by atoms with E-state index in [1.165, 1.54) is 5.56 Å². The molecule has 0 saturated carbocycles. The minimum atomic E-state index is 0.132. The number of thioether (sulfide) groups is 1. The number of nitrogens with zero attached hydrogens (tertiary/aromatic N) is 2. The van der Waals surface area contributed by atoms with E-state index in [0.29, 0.717) is 12.2 Å². The van der Waals surface area contributed by atoms with Crippen molar-refractivity contribution >= 4 is 23.6 Å². The summed E-state index contributed by atoms with van der Waals surface area (Å²) in [4.78, 5) is 27.5. The van der Waals surface area contributed by atoms with Crippen LogP contribution in [0.4, 0.5) is 0 Å². The van der Waals surface area contributed by atoms with E-state index in [1.807, 2.05) is 28.0 Å². The molecule has 1 atom stereocenters. The molecule has 4 nitrogen and oxygen atoms in total. The van der Waals surface area contributed by atoms with Crippen molar-refractivity contribution in [1.29, 1.82) is 0 Å². The molecule has 0 N–H and O–H groups in total. The van der Waals surface area contributed by atoms with Crippen molar-refractivity contribution < 1.29 is 9.59 Å². The van der Waals surface area contributed by atoms with Crippen LogP contribution in [-0.2, 0) is 9.59 Å². The van der Waals surface area contributed by atoms with Gasteiger partial charge in [-0.15, -0.1) is 11.8 Å². The molecule has 112 valence electrons. The van der Waals surface area contributed by atoms with E-state index in [2.05, 4.69) is 12.1 Å². The van der Waals surface area contributed by atoms with E-state index in [4.69, 9.17) is 0 Å². The van der Waals surface area contributed by atoms with Gasteiger partial charge in [0.1, 0.15) is 5.37 Å². The first-order chi connectivity index (χ1) is 10.3. The topological polar surface area (TPSA) is 40.6 Å². The first kappa shape index (κ1) is 14.4. The van der Waals surface area contributed by atoms with Gasteiger partial charge in [0.05, 0.1) is 5.75 Å². The first-order valence-electron chi connectivity index (χ1n) is 7.49. The Bertz CT molecular complexity index is 520. The Labute approximate surface area is 129 Å². The largest absolute Gasteiger partial charge is 0.343 e. The third kappa shape index (κ3) is 3.23. The summed E-state index contributed by atoms with van der Waals surface area (Å²) in [5.74, 6) is 1.03. The molecule has 0 bridgehead atoms. The number of hydrogen-bond acceptors (Lipinski definition) is 3. The smallest absolute Gasteiger partial charge is 0.233 e. The van der Waals surface area contributed by atoms with Crippen molar-refractivity contribution in [2.75, 3.05) is 25.4 Å². The lowest BCUT2D eigenvalue weighted by molar-refractivity contribution is -0.128. The second kappa shape index (κ2) is 6.52. The van der Waals surface area contributed by atoms with Gasteiger partial charge in [0.15, 0.2) is 0 Å². The second-order valence-electron chi connectivity index (χ2n) is 5.50. The van der Waals surface area contributed by atoms with Gasteiger partial charge >= 0.3 is 0 Å². The number of carbonyl (C=O) groups excluding carboxylic acids is 2. The number of rotatable bonds is 5. The zero-order valence-electron chi connectivity index (χ0n) is 12.0. The molecule has 5 heteroatoms. The summed E-state index contributed by atoms with van der Waals surface area (Å²) in [6, 6.07) is 10.2. The van der Waals surface area contributed by atoms with Gasteiger partial charge in [0.25, 0.3) is 0 Å². The summed E-state index contributed by atoms with van der Waals surface area (Å²) < 4.78 is 0. The molecule has 0 aliphatic carbocycles. The van der Waals surface area contributed by atoms with Crippen LogP contribution in [-0.4, -0.2) is 47.0 Å². The van der Waals surface area contributed by atoms with Crippen molar-refractivity contribution in [3.63, 3.8) is 0 Å². The third-order valence-electron chi connectivity index (χ3n) is 4.05. The average molecular weight is 304 g/mol. The lowest BCUT2D eigenvalue weighted by atomic mass is 10.2. The molecule has 2 aliphatic heterocycles. The summed E-state index contributed by atoms with van der Waals surface area (Å²) in [5.41, 5.74) is 1.19. The molecular formula is C16H20N2O2S. The first-order valence-corrected chi connectivity index (χ1v) is 8.54. The van der Waals surface area contributed by atoms with Crippen LogP contribution in [0.2, 0.25) is 0 Å². The molecule has 1 unspecified atom stereocenters. The van der Waals surface area contributed by atoms with Crippen LogP contribution in [0.15, 0.2) is 30.3 Å². The normalized spacial score (nSPS) is 22.4. The van der Waals surface area contributed by atoms with Crippen LogP contribution in [0, 0.1) is 0 Å². The maximum absolute atomic E-state index is 12.1. The van der Waals surface area contributed by atoms with Crippen LogP contribution in [0.5, 0.6) is 0 Å². The van der Waals surface area contributed by atoms with Crippen LogP contribution < -0.4 is 0 Å². The van der Waals surface area contributed by atoms with E-state index < -0.39 is 0 Å². The summed E-state index contributed by atoms with van der Waals surface area (Å²) in [7, 11) is 0. The van der Waals surface area contributed by atoms with E-state index in [1.54, 1.807) is 11.8 Å². The standard InChI is InChI=1S/C16H20N2O2S/c19-14-8-4-9-17(14)10-5-11-18-15(20)12-21-16(18)13-6-2-1-3-7-13/h1-3,6-7,16H,4-5,8-12H2. The molecule has 1 aromatic carbocycles. The van der Waals surface area contributed by atoms with E-state index >= 15 is 0 Å². The second-order valence-corrected chi connectivity index (χ2v) is 6.57. The molecule has 2 aliphatic rings. The molecule has 0 radical (unpaired) electrons. The zero-order chi connectivity index (χ0) is 14.7. The number of amides is 2. The third-order valence-corrected chi connectivity index (χ3v) is 5.31. The van der Waals surface area contributed by atoms with E-state index in [0.717, 1.165) is 32.5 Å². The highest BCUT2D eigenvalue weighted by atomic mass is 32.2. The Kier molecular flexibility index (Phi) is 4.48. The molecular weight excluding hydrogens is 284 g/mol. The number of carbonyl (C=O) groups is 2. The van der Waals surface area contributed by atoms with Crippen LogP contribution >= 0.6 is 11.8 Å². The van der Waals surface area contributed by atoms with Crippen molar-refractivity contribution in [3.05, 3.63) is 35.9 Å². The molecule has 1 aromatic rings. The van der Waals surface area contributed by atoms with Crippen molar-refractivity contribution in [3.8, 4) is 0 Å². The van der Waals surface area contributed by atoms with Crippen molar-refractivity contribution in [1.82, 2.24) is 9.80 Å². The quantitative estimate of drug-likeness (QED) is 0.838. The van der Waals surface area contributed by atoms with Crippen LogP contribution in [0.3, 0.4) is 0 Å². The molecule has 3 rings (SSSR count). The highest BCUT2D eigenvalue weighted by Gasteiger charge is 2.32.